The molecule has 14 heavy (non-hydrogen) atoms. The molecule has 3 atom stereocenters. The van der Waals surface area contributed by atoms with E-state index in [9.17, 15) is 0 Å². The lowest BCUT2D eigenvalue weighted by Crippen LogP contribution is -2.50. The van der Waals surface area contributed by atoms with E-state index in [1.54, 1.807) is 0 Å². The third-order valence-electron chi connectivity index (χ3n) is 3.40. The zero-order valence-corrected chi connectivity index (χ0v) is 9.76. The molecule has 0 saturated heterocycles. The molecule has 0 amide bonds. The molecule has 0 aromatic heterocycles. The first-order valence-corrected chi connectivity index (χ1v) is 6.29. The van der Waals surface area contributed by atoms with E-state index in [1.165, 1.54) is 44.9 Å². The van der Waals surface area contributed by atoms with Crippen molar-refractivity contribution in [2.75, 3.05) is 0 Å². The second-order valence-corrected chi connectivity index (χ2v) is 4.62. The molecule has 1 rings (SSSR count). The molecule has 0 aromatic carbocycles. The Bertz CT molecular complexity index is 147. The van der Waals surface area contributed by atoms with Crippen LogP contribution >= 0.6 is 0 Å². The Kier molecular flexibility index (Phi) is 5.49. The molecule has 3 N–H and O–H groups in total. The molecule has 2 heteroatoms. The van der Waals surface area contributed by atoms with Crippen molar-refractivity contribution in [1.82, 2.24) is 5.32 Å². The van der Waals surface area contributed by atoms with Crippen LogP contribution in [0.4, 0.5) is 0 Å². The number of rotatable bonds is 5. The topological polar surface area (TPSA) is 38.0 Å². The van der Waals surface area contributed by atoms with Crippen molar-refractivity contribution in [3.63, 3.8) is 0 Å². The fraction of sp³-hybridized carbons (Fsp3) is 1.00. The molecule has 1 fully saturated rings. The van der Waals surface area contributed by atoms with Gasteiger partial charge in [-0.2, -0.15) is 0 Å². The standard InChI is InChI=1S/C12H26N2/c1-3-7-10(4-2)14-12-9-6-5-8-11(12)13/h10-12,14H,3-9,13H2,1-2H3. The van der Waals surface area contributed by atoms with E-state index in [-0.39, 0.29) is 0 Å². The minimum absolute atomic E-state index is 0.398. The van der Waals surface area contributed by atoms with Crippen molar-refractivity contribution in [2.45, 2.75) is 76.9 Å². The van der Waals surface area contributed by atoms with Gasteiger partial charge in [0.25, 0.3) is 0 Å². The summed E-state index contributed by atoms with van der Waals surface area (Å²) in [6.07, 6.45) is 8.96. The Morgan fingerprint density at radius 3 is 2.57 bits per heavy atom. The molecule has 2 nitrogen and oxygen atoms in total. The Morgan fingerprint density at radius 1 is 1.29 bits per heavy atom. The highest BCUT2D eigenvalue weighted by atomic mass is 15.0. The molecular formula is C12H26N2. The Balaban J connectivity index is 2.31. The average molecular weight is 198 g/mol. The third-order valence-corrected chi connectivity index (χ3v) is 3.40. The number of nitrogens with two attached hydrogens (primary N) is 1. The number of nitrogens with one attached hydrogen (secondary N) is 1. The second-order valence-electron chi connectivity index (χ2n) is 4.62. The van der Waals surface area contributed by atoms with Gasteiger partial charge in [-0.3, -0.25) is 0 Å². The fourth-order valence-electron chi connectivity index (χ4n) is 2.42. The highest BCUT2D eigenvalue weighted by Gasteiger charge is 2.23. The van der Waals surface area contributed by atoms with Gasteiger partial charge in [-0.15, -0.1) is 0 Å². The van der Waals surface area contributed by atoms with Gasteiger partial charge in [0, 0.05) is 18.1 Å². The summed E-state index contributed by atoms with van der Waals surface area (Å²) < 4.78 is 0. The van der Waals surface area contributed by atoms with E-state index >= 15 is 0 Å². The molecule has 0 heterocycles. The first-order valence-electron chi connectivity index (χ1n) is 6.29. The van der Waals surface area contributed by atoms with E-state index in [2.05, 4.69) is 19.2 Å². The summed E-state index contributed by atoms with van der Waals surface area (Å²) in [5.41, 5.74) is 6.12. The van der Waals surface area contributed by atoms with Gasteiger partial charge in [0.15, 0.2) is 0 Å². The van der Waals surface area contributed by atoms with Crippen molar-refractivity contribution < 1.29 is 0 Å². The van der Waals surface area contributed by atoms with E-state index in [0.717, 1.165) is 0 Å². The molecule has 1 saturated carbocycles. The Morgan fingerprint density at radius 2 is 2.00 bits per heavy atom. The van der Waals surface area contributed by atoms with Gasteiger partial charge in [0.05, 0.1) is 0 Å². The van der Waals surface area contributed by atoms with Crippen LogP contribution in [0.25, 0.3) is 0 Å². The minimum atomic E-state index is 0.398. The summed E-state index contributed by atoms with van der Waals surface area (Å²) in [5, 5.41) is 3.73. The lowest BCUT2D eigenvalue weighted by atomic mass is 9.90. The van der Waals surface area contributed by atoms with Gasteiger partial charge < -0.3 is 11.1 Å². The van der Waals surface area contributed by atoms with Crippen LogP contribution < -0.4 is 11.1 Å². The Labute approximate surface area is 88.6 Å². The minimum Gasteiger partial charge on any atom is -0.326 e. The maximum atomic E-state index is 6.12. The van der Waals surface area contributed by atoms with Crippen molar-refractivity contribution in [1.29, 1.82) is 0 Å². The quantitative estimate of drug-likeness (QED) is 0.712. The van der Waals surface area contributed by atoms with Crippen LogP contribution in [0, 0.1) is 0 Å². The highest BCUT2D eigenvalue weighted by Crippen LogP contribution is 2.18. The maximum Gasteiger partial charge on any atom is 0.0221 e. The lowest BCUT2D eigenvalue weighted by molar-refractivity contribution is 0.288. The van der Waals surface area contributed by atoms with Gasteiger partial charge in [-0.25, -0.2) is 0 Å². The molecule has 0 aromatic rings. The summed E-state index contributed by atoms with van der Waals surface area (Å²) in [7, 11) is 0. The van der Waals surface area contributed by atoms with Crippen LogP contribution in [0.2, 0.25) is 0 Å². The zero-order valence-electron chi connectivity index (χ0n) is 9.76. The van der Waals surface area contributed by atoms with Crippen LogP contribution in [0.3, 0.4) is 0 Å². The average Bonchev–Trinajstić information content (AvgIpc) is 2.20. The predicted octanol–water partition coefficient (Wildman–Crippen LogP) is 2.42. The smallest absolute Gasteiger partial charge is 0.0221 e. The highest BCUT2D eigenvalue weighted by molar-refractivity contribution is 4.85. The molecule has 0 spiro atoms. The summed E-state index contributed by atoms with van der Waals surface area (Å²) in [6, 6.07) is 1.67. The van der Waals surface area contributed by atoms with Gasteiger partial charge in [0.1, 0.15) is 0 Å². The van der Waals surface area contributed by atoms with Crippen LogP contribution in [0.15, 0.2) is 0 Å². The Hall–Kier alpha value is -0.0800. The molecule has 0 radical (unpaired) electrons. The largest absolute Gasteiger partial charge is 0.326 e. The summed E-state index contributed by atoms with van der Waals surface area (Å²) >= 11 is 0. The number of hydrogen-bond donors (Lipinski definition) is 2. The maximum absolute atomic E-state index is 6.12. The predicted molar refractivity (Wildman–Crippen MR) is 62.4 cm³/mol. The van der Waals surface area contributed by atoms with E-state index < -0.39 is 0 Å². The molecule has 0 bridgehead atoms. The summed E-state index contributed by atoms with van der Waals surface area (Å²) in [5.74, 6) is 0. The van der Waals surface area contributed by atoms with E-state index in [1.807, 2.05) is 0 Å². The molecule has 3 unspecified atom stereocenters. The molecule has 84 valence electrons. The van der Waals surface area contributed by atoms with Gasteiger partial charge >= 0.3 is 0 Å². The lowest BCUT2D eigenvalue weighted by Gasteiger charge is -2.32. The van der Waals surface area contributed by atoms with Gasteiger partial charge in [-0.1, -0.05) is 33.1 Å². The van der Waals surface area contributed by atoms with Crippen LogP contribution in [0.5, 0.6) is 0 Å². The molecular weight excluding hydrogens is 172 g/mol. The fourth-order valence-corrected chi connectivity index (χ4v) is 2.42. The van der Waals surface area contributed by atoms with E-state index in [0.29, 0.717) is 18.1 Å². The van der Waals surface area contributed by atoms with Gasteiger partial charge in [0.2, 0.25) is 0 Å². The molecule has 0 aliphatic heterocycles. The monoisotopic (exact) mass is 198 g/mol. The SMILES string of the molecule is CCCC(CC)NC1CCCCC1N. The van der Waals surface area contributed by atoms with Crippen LogP contribution in [0.1, 0.15) is 58.8 Å². The first-order chi connectivity index (χ1) is 6.77. The van der Waals surface area contributed by atoms with Crippen molar-refractivity contribution in [2.24, 2.45) is 5.73 Å². The number of hydrogen-bond acceptors (Lipinski definition) is 2. The summed E-state index contributed by atoms with van der Waals surface area (Å²) in [6.45, 7) is 4.52. The normalized spacial score (nSPS) is 30.2. The van der Waals surface area contributed by atoms with Gasteiger partial charge in [-0.05, 0) is 25.7 Å². The van der Waals surface area contributed by atoms with E-state index in [4.69, 9.17) is 5.73 Å². The zero-order chi connectivity index (χ0) is 10.4. The van der Waals surface area contributed by atoms with Crippen molar-refractivity contribution in [3.05, 3.63) is 0 Å². The van der Waals surface area contributed by atoms with Crippen LogP contribution in [-0.2, 0) is 0 Å². The molecule has 1 aliphatic rings. The second kappa shape index (κ2) is 6.41. The van der Waals surface area contributed by atoms with Crippen molar-refractivity contribution in [3.8, 4) is 0 Å². The van der Waals surface area contributed by atoms with Crippen molar-refractivity contribution >= 4 is 0 Å². The third kappa shape index (κ3) is 3.58. The van der Waals surface area contributed by atoms with Crippen LogP contribution in [-0.4, -0.2) is 18.1 Å². The first kappa shape index (κ1) is 12.0. The molecule has 1 aliphatic carbocycles. The summed E-state index contributed by atoms with van der Waals surface area (Å²) in [4.78, 5) is 0.